The predicted octanol–water partition coefficient (Wildman–Crippen LogP) is 3.42. The molecule has 4 N–H and O–H groups in total. The molecule has 1 saturated heterocycles. The van der Waals surface area contributed by atoms with Crippen molar-refractivity contribution in [1.82, 2.24) is 9.97 Å². The Labute approximate surface area is 204 Å². The van der Waals surface area contributed by atoms with Crippen LogP contribution in [0.2, 0.25) is 0 Å². The number of aromatic nitrogens is 2. The molecule has 1 aromatic heterocycles. The first-order chi connectivity index (χ1) is 15.7. The molecule has 0 radical (unpaired) electrons. The minimum absolute atomic E-state index is 0. The van der Waals surface area contributed by atoms with Crippen molar-refractivity contribution in [1.29, 1.82) is 5.26 Å². The monoisotopic (exact) mass is 481 g/mol. The van der Waals surface area contributed by atoms with Crippen LogP contribution < -0.4 is 4.74 Å². The molecule has 180 valence electrons. The standard InChI is InChI=1S/C26H27N3O2S.2H2O/c1-32-15-11-19-2-4-20(5-3-19)16-26-28-12-8-24(29-26)21-6-7-25(22(17-21)18-27)31-23-9-13-30-14-10-23;;/h2-8,12,17,23H,9-11,13-16H2,1H3;2*1H2. The molecule has 2 aromatic carbocycles. The Kier molecular flexibility index (Phi) is 11.0. The summed E-state index contributed by atoms with van der Waals surface area (Å²) in [7, 11) is 0. The van der Waals surface area contributed by atoms with Gasteiger partial charge in [-0.1, -0.05) is 24.3 Å². The summed E-state index contributed by atoms with van der Waals surface area (Å²) >= 11 is 1.86. The van der Waals surface area contributed by atoms with Crippen molar-refractivity contribution in [2.45, 2.75) is 31.8 Å². The second kappa shape index (κ2) is 13.7. The molecule has 1 aliphatic heterocycles. The lowest BCUT2D eigenvalue weighted by Gasteiger charge is -2.23. The molecule has 0 atom stereocenters. The summed E-state index contributed by atoms with van der Waals surface area (Å²) in [5.41, 5.74) is 4.76. The van der Waals surface area contributed by atoms with Crippen molar-refractivity contribution in [2.24, 2.45) is 0 Å². The Morgan fingerprint density at radius 3 is 2.50 bits per heavy atom. The Hall–Kier alpha value is -2.96. The molecule has 4 rings (SSSR count). The van der Waals surface area contributed by atoms with E-state index in [4.69, 9.17) is 14.5 Å². The third-order valence-electron chi connectivity index (χ3n) is 5.54. The second-order valence-corrected chi connectivity index (χ2v) is 8.83. The zero-order valence-corrected chi connectivity index (χ0v) is 20.1. The number of nitrogens with zero attached hydrogens (tertiary/aromatic N) is 3. The van der Waals surface area contributed by atoms with Crippen LogP contribution in [0.3, 0.4) is 0 Å². The van der Waals surface area contributed by atoms with Crippen molar-refractivity contribution in [3.63, 3.8) is 0 Å². The molecule has 8 heteroatoms. The topological polar surface area (TPSA) is 131 Å². The van der Waals surface area contributed by atoms with Crippen LogP contribution in [0.1, 0.15) is 35.4 Å². The highest BCUT2D eigenvalue weighted by Crippen LogP contribution is 2.27. The minimum atomic E-state index is 0. The molecule has 2 heterocycles. The molecule has 0 spiro atoms. The van der Waals surface area contributed by atoms with Crippen molar-refractivity contribution < 1.29 is 20.4 Å². The molecule has 0 amide bonds. The quantitative estimate of drug-likeness (QED) is 0.484. The number of rotatable bonds is 8. The summed E-state index contributed by atoms with van der Waals surface area (Å²) in [5.74, 6) is 2.52. The number of nitriles is 1. The van der Waals surface area contributed by atoms with Crippen LogP contribution >= 0.6 is 11.8 Å². The number of aryl methyl sites for hydroxylation is 1. The van der Waals surface area contributed by atoms with Crippen molar-refractivity contribution in [2.75, 3.05) is 25.2 Å². The molecule has 0 saturated carbocycles. The number of ether oxygens (including phenoxy) is 2. The molecule has 3 aromatic rings. The van der Waals surface area contributed by atoms with Gasteiger partial charge < -0.3 is 20.4 Å². The van der Waals surface area contributed by atoms with Crippen LogP contribution in [0, 0.1) is 11.3 Å². The lowest BCUT2D eigenvalue weighted by atomic mass is 10.1. The van der Waals surface area contributed by atoms with Gasteiger partial charge in [-0.3, -0.25) is 0 Å². The summed E-state index contributed by atoms with van der Waals surface area (Å²) in [5, 5.41) is 9.66. The van der Waals surface area contributed by atoms with Crippen molar-refractivity contribution >= 4 is 11.8 Å². The molecular formula is C26H31N3O4S. The van der Waals surface area contributed by atoms with E-state index in [1.165, 1.54) is 11.1 Å². The first kappa shape index (κ1) is 27.3. The van der Waals surface area contributed by atoms with Gasteiger partial charge in [0, 0.05) is 31.0 Å². The number of benzene rings is 2. The van der Waals surface area contributed by atoms with E-state index in [2.05, 4.69) is 41.6 Å². The van der Waals surface area contributed by atoms with Gasteiger partial charge in [0.15, 0.2) is 0 Å². The Bertz CT molecular complexity index is 1080. The third-order valence-corrected chi connectivity index (χ3v) is 6.16. The second-order valence-electron chi connectivity index (χ2n) is 7.85. The van der Waals surface area contributed by atoms with E-state index in [1.54, 1.807) is 6.20 Å². The fourth-order valence-corrected chi connectivity index (χ4v) is 4.16. The van der Waals surface area contributed by atoms with Crippen LogP contribution in [0.15, 0.2) is 54.7 Å². The maximum atomic E-state index is 9.66. The van der Waals surface area contributed by atoms with Crippen molar-refractivity contribution in [3.05, 3.63) is 77.2 Å². The van der Waals surface area contributed by atoms with E-state index in [0.29, 0.717) is 30.9 Å². The lowest BCUT2D eigenvalue weighted by molar-refractivity contribution is 0.0254. The summed E-state index contributed by atoms with van der Waals surface area (Å²) in [6.45, 7) is 1.41. The Balaban J connectivity index is 0.00000204. The highest BCUT2D eigenvalue weighted by atomic mass is 32.2. The van der Waals surface area contributed by atoms with Gasteiger partial charge in [0.05, 0.1) is 24.5 Å². The zero-order valence-electron chi connectivity index (χ0n) is 19.3. The van der Waals surface area contributed by atoms with E-state index in [9.17, 15) is 5.26 Å². The highest BCUT2D eigenvalue weighted by Gasteiger charge is 2.17. The zero-order chi connectivity index (χ0) is 22.2. The van der Waals surface area contributed by atoms with Gasteiger partial charge in [-0.05, 0) is 53.8 Å². The maximum Gasteiger partial charge on any atom is 0.137 e. The Morgan fingerprint density at radius 2 is 1.79 bits per heavy atom. The van der Waals surface area contributed by atoms with Gasteiger partial charge >= 0.3 is 0 Å². The molecule has 1 aliphatic rings. The average molecular weight is 482 g/mol. The van der Waals surface area contributed by atoms with Crippen molar-refractivity contribution in [3.8, 4) is 23.1 Å². The largest absolute Gasteiger partial charge is 0.489 e. The molecule has 7 nitrogen and oxygen atoms in total. The van der Waals surface area contributed by atoms with Crippen LogP contribution in [0.25, 0.3) is 11.3 Å². The SMILES string of the molecule is CSCCc1ccc(Cc2nccc(-c3ccc(OC4CCOCC4)c(C#N)c3)n2)cc1.O.O. The first-order valence-electron chi connectivity index (χ1n) is 10.9. The summed E-state index contributed by atoms with van der Waals surface area (Å²) in [6, 6.07) is 18.5. The van der Waals surface area contributed by atoms with E-state index < -0.39 is 0 Å². The van der Waals surface area contributed by atoms with Crippen LogP contribution in [-0.2, 0) is 17.6 Å². The van der Waals surface area contributed by atoms with Gasteiger partial charge in [0.25, 0.3) is 0 Å². The van der Waals surface area contributed by atoms with Gasteiger partial charge in [0.1, 0.15) is 23.7 Å². The normalized spacial score (nSPS) is 13.3. The summed E-state index contributed by atoms with van der Waals surface area (Å²) < 4.78 is 11.5. The molecule has 0 bridgehead atoms. The molecule has 0 aliphatic carbocycles. The summed E-state index contributed by atoms with van der Waals surface area (Å²) in [6.07, 6.45) is 7.46. The lowest BCUT2D eigenvalue weighted by Crippen LogP contribution is -2.26. The third kappa shape index (κ3) is 7.27. The van der Waals surface area contributed by atoms with Crippen LogP contribution in [0.4, 0.5) is 0 Å². The first-order valence-corrected chi connectivity index (χ1v) is 12.3. The Morgan fingerprint density at radius 1 is 1.06 bits per heavy atom. The van der Waals surface area contributed by atoms with Gasteiger partial charge in [-0.15, -0.1) is 0 Å². The van der Waals surface area contributed by atoms with Gasteiger partial charge in [-0.2, -0.15) is 17.0 Å². The molecular weight excluding hydrogens is 450 g/mol. The molecule has 0 unspecified atom stereocenters. The highest BCUT2D eigenvalue weighted by molar-refractivity contribution is 7.98. The molecule has 1 fully saturated rings. The fraction of sp³-hybridized carbons (Fsp3) is 0.346. The van der Waals surface area contributed by atoms with E-state index in [-0.39, 0.29) is 17.1 Å². The average Bonchev–Trinajstić information content (AvgIpc) is 2.85. The molecule has 34 heavy (non-hydrogen) atoms. The minimum Gasteiger partial charge on any atom is -0.489 e. The maximum absolute atomic E-state index is 9.66. The van der Waals surface area contributed by atoms with Crippen LogP contribution in [-0.4, -0.2) is 52.2 Å². The van der Waals surface area contributed by atoms with Gasteiger partial charge in [-0.25, -0.2) is 9.97 Å². The van der Waals surface area contributed by atoms with Gasteiger partial charge in [0.2, 0.25) is 0 Å². The van der Waals surface area contributed by atoms with E-state index >= 15 is 0 Å². The predicted molar refractivity (Wildman–Crippen MR) is 135 cm³/mol. The van der Waals surface area contributed by atoms with E-state index in [1.807, 2.05) is 36.0 Å². The van der Waals surface area contributed by atoms with Crippen LogP contribution in [0.5, 0.6) is 5.75 Å². The fourth-order valence-electron chi connectivity index (χ4n) is 3.72. The number of thioether (sulfide) groups is 1. The number of hydrogen-bond donors (Lipinski definition) is 0. The number of hydrogen-bond acceptors (Lipinski definition) is 6. The smallest absolute Gasteiger partial charge is 0.137 e. The van der Waals surface area contributed by atoms with E-state index in [0.717, 1.165) is 42.1 Å². The summed E-state index contributed by atoms with van der Waals surface area (Å²) in [4.78, 5) is 9.20.